The van der Waals surface area contributed by atoms with E-state index >= 15 is 0 Å². The molecule has 0 aromatic heterocycles. The summed E-state index contributed by atoms with van der Waals surface area (Å²) in [5.41, 5.74) is 3.16. The van der Waals surface area contributed by atoms with Crippen molar-refractivity contribution < 1.29 is 9.59 Å². The molecule has 0 spiro atoms. The molecular weight excluding hydrogens is 573 g/mol. The first-order valence-electron chi connectivity index (χ1n) is 6.97. The van der Waals surface area contributed by atoms with E-state index in [1.165, 1.54) is 13.8 Å². The Kier molecular flexibility index (Phi) is 8.65. The molecule has 0 aliphatic carbocycles. The van der Waals surface area contributed by atoms with Crippen molar-refractivity contribution in [3.8, 4) is 0 Å². The minimum atomic E-state index is 0.0221. The largest absolute Gasteiger partial charge is 0.294 e. The highest BCUT2D eigenvalue weighted by Gasteiger charge is 2.10. The molecule has 0 unspecified atom stereocenters. The summed E-state index contributed by atoms with van der Waals surface area (Å²) in [7, 11) is 0. The number of aryl methyl sites for hydroxylation is 2. The van der Waals surface area contributed by atoms with Crippen LogP contribution in [0.2, 0.25) is 10.0 Å². The molecule has 0 bridgehead atoms. The van der Waals surface area contributed by atoms with E-state index in [4.69, 9.17) is 23.2 Å². The summed E-state index contributed by atoms with van der Waals surface area (Å²) in [4.78, 5) is 22.2. The second kappa shape index (κ2) is 9.50. The number of carbonyl (C=O) groups excluding carboxylic acids is 2. The maximum absolute atomic E-state index is 11.1. The maximum Gasteiger partial charge on any atom is 0.161 e. The fraction of sp³-hybridized carbons (Fsp3) is 0.222. The van der Waals surface area contributed by atoms with Crippen LogP contribution in [0.15, 0.2) is 24.3 Å². The van der Waals surface area contributed by atoms with E-state index in [0.29, 0.717) is 21.2 Å². The number of Topliss-reactive ketones (excluding diaryl/α,β-unsaturated/α-hetero) is 2. The summed E-state index contributed by atoms with van der Waals surface area (Å²) in [6.45, 7) is 6.84. The molecule has 0 heterocycles. The van der Waals surface area contributed by atoms with Gasteiger partial charge in [0.15, 0.2) is 11.6 Å². The lowest BCUT2D eigenvalue weighted by Gasteiger charge is -2.04. The second-order valence-corrected chi connectivity index (χ2v) is 8.58. The highest BCUT2D eigenvalue weighted by Crippen LogP contribution is 2.24. The summed E-state index contributed by atoms with van der Waals surface area (Å²) in [6.07, 6.45) is 0. The van der Waals surface area contributed by atoms with Crippen LogP contribution in [0.25, 0.3) is 0 Å². The summed E-state index contributed by atoms with van der Waals surface area (Å²) >= 11 is 16.2. The van der Waals surface area contributed by atoms with Gasteiger partial charge in [0.05, 0.1) is 10.0 Å². The second-order valence-electron chi connectivity index (χ2n) is 5.27. The minimum Gasteiger partial charge on any atom is -0.294 e. The molecule has 0 atom stereocenters. The fourth-order valence-electron chi connectivity index (χ4n) is 2.30. The van der Waals surface area contributed by atoms with E-state index in [-0.39, 0.29) is 11.6 Å². The van der Waals surface area contributed by atoms with E-state index in [9.17, 15) is 9.59 Å². The van der Waals surface area contributed by atoms with Crippen molar-refractivity contribution in [3.05, 3.63) is 63.7 Å². The molecule has 128 valence electrons. The smallest absolute Gasteiger partial charge is 0.161 e. The molecule has 0 saturated heterocycles. The van der Waals surface area contributed by atoms with Crippen molar-refractivity contribution >= 4 is 80.0 Å². The van der Waals surface area contributed by atoms with E-state index < -0.39 is 0 Å². The average molecular weight is 589 g/mol. The van der Waals surface area contributed by atoms with Gasteiger partial charge >= 0.3 is 0 Å². The Hall–Kier alpha value is -0.180. The van der Waals surface area contributed by atoms with Crippen LogP contribution in [-0.2, 0) is 0 Å². The van der Waals surface area contributed by atoms with E-state index in [1.807, 2.05) is 26.0 Å². The minimum absolute atomic E-state index is 0.0221. The highest BCUT2D eigenvalue weighted by atomic mass is 127. The predicted molar refractivity (Wildman–Crippen MR) is 118 cm³/mol. The van der Waals surface area contributed by atoms with Gasteiger partial charge in [0.2, 0.25) is 0 Å². The van der Waals surface area contributed by atoms with Gasteiger partial charge in [0.1, 0.15) is 0 Å². The molecule has 0 aliphatic rings. The molecule has 0 fully saturated rings. The standard InChI is InChI=1S/2C9H8ClIO/c2*1-5-3-7(11)4-8(10)9(5)6(2)12/h2*3-4H,1-2H3. The van der Waals surface area contributed by atoms with Crippen LogP contribution in [0, 0.1) is 21.0 Å². The van der Waals surface area contributed by atoms with Gasteiger partial charge in [0.25, 0.3) is 0 Å². The molecule has 0 radical (unpaired) electrons. The van der Waals surface area contributed by atoms with E-state index in [1.54, 1.807) is 12.1 Å². The lowest BCUT2D eigenvalue weighted by Crippen LogP contribution is -1.97. The number of rotatable bonds is 2. The van der Waals surface area contributed by atoms with Crippen molar-refractivity contribution in [2.45, 2.75) is 27.7 Å². The van der Waals surface area contributed by atoms with Crippen molar-refractivity contribution in [1.29, 1.82) is 0 Å². The zero-order chi connectivity index (χ0) is 18.6. The molecule has 0 N–H and O–H groups in total. The lowest BCUT2D eigenvalue weighted by molar-refractivity contribution is 0.100. The molecule has 2 nitrogen and oxygen atoms in total. The monoisotopic (exact) mass is 588 g/mol. The van der Waals surface area contributed by atoms with Gasteiger partial charge in [-0.05, 0) is 108 Å². The number of ketones is 2. The van der Waals surface area contributed by atoms with Crippen LogP contribution in [0.5, 0.6) is 0 Å². The van der Waals surface area contributed by atoms with Crippen molar-refractivity contribution in [1.82, 2.24) is 0 Å². The number of benzene rings is 2. The van der Waals surface area contributed by atoms with Crippen LogP contribution in [0.3, 0.4) is 0 Å². The Balaban J connectivity index is 0.000000240. The maximum atomic E-state index is 11.1. The Labute approximate surface area is 179 Å². The van der Waals surface area contributed by atoms with Crippen LogP contribution in [-0.4, -0.2) is 11.6 Å². The first-order chi connectivity index (χ1) is 11.0. The van der Waals surface area contributed by atoms with E-state index in [2.05, 4.69) is 45.2 Å². The zero-order valence-corrected chi connectivity index (χ0v) is 19.5. The summed E-state index contributed by atoms with van der Waals surface area (Å²) in [6, 6.07) is 7.49. The van der Waals surface area contributed by atoms with Crippen LogP contribution >= 0.6 is 68.4 Å². The Morgan fingerprint density at radius 2 is 1.04 bits per heavy atom. The van der Waals surface area contributed by atoms with Crippen molar-refractivity contribution in [3.63, 3.8) is 0 Å². The zero-order valence-electron chi connectivity index (χ0n) is 13.6. The van der Waals surface area contributed by atoms with E-state index in [0.717, 1.165) is 18.3 Å². The van der Waals surface area contributed by atoms with Gasteiger partial charge in [-0.1, -0.05) is 23.2 Å². The Bertz CT molecular complexity index is 688. The molecule has 2 rings (SSSR count). The van der Waals surface area contributed by atoms with Gasteiger partial charge in [-0.3, -0.25) is 9.59 Å². The topological polar surface area (TPSA) is 34.1 Å². The molecule has 0 saturated carbocycles. The average Bonchev–Trinajstić information content (AvgIpc) is 2.35. The molecule has 0 amide bonds. The molecule has 2 aromatic rings. The summed E-state index contributed by atoms with van der Waals surface area (Å²) in [5.74, 6) is 0.0443. The number of halogens is 4. The number of carbonyl (C=O) groups is 2. The molecular formula is C18H16Cl2I2O2. The Morgan fingerprint density at radius 3 is 1.25 bits per heavy atom. The van der Waals surface area contributed by atoms with Crippen molar-refractivity contribution in [2.24, 2.45) is 0 Å². The van der Waals surface area contributed by atoms with Crippen LogP contribution in [0.4, 0.5) is 0 Å². The van der Waals surface area contributed by atoms with Crippen LogP contribution in [0.1, 0.15) is 45.7 Å². The molecule has 0 aliphatic heterocycles. The van der Waals surface area contributed by atoms with Crippen LogP contribution < -0.4 is 0 Å². The summed E-state index contributed by atoms with van der Waals surface area (Å²) in [5, 5.41) is 1.10. The van der Waals surface area contributed by atoms with Crippen molar-refractivity contribution in [2.75, 3.05) is 0 Å². The number of hydrogen-bond acceptors (Lipinski definition) is 2. The third-order valence-electron chi connectivity index (χ3n) is 3.21. The first-order valence-corrected chi connectivity index (χ1v) is 9.89. The molecule has 6 heteroatoms. The third kappa shape index (κ3) is 5.97. The normalized spacial score (nSPS) is 10.0. The fourth-order valence-corrected chi connectivity index (χ4v) is 5.02. The third-order valence-corrected chi connectivity index (χ3v) is 5.05. The highest BCUT2D eigenvalue weighted by molar-refractivity contribution is 14.1. The van der Waals surface area contributed by atoms with Gasteiger partial charge < -0.3 is 0 Å². The predicted octanol–water partition coefficient (Wildman–Crippen LogP) is 6.91. The SMILES string of the molecule is CC(=O)c1c(C)cc(I)cc1Cl.CC(=O)c1c(C)cc(I)cc1Cl. The molecule has 24 heavy (non-hydrogen) atoms. The van der Waals surface area contributed by atoms with Gasteiger partial charge in [-0.2, -0.15) is 0 Å². The van der Waals surface area contributed by atoms with Gasteiger partial charge in [-0.15, -0.1) is 0 Å². The van der Waals surface area contributed by atoms with Gasteiger partial charge in [0, 0.05) is 18.3 Å². The molecule has 2 aromatic carbocycles. The van der Waals surface area contributed by atoms with Gasteiger partial charge in [-0.25, -0.2) is 0 Å². The first kappa shape index (κ1) is 21.9. The summed E-state index contributed by atoms with van der Waals surface area (Å²) < 4.78 is 2.11. The Morgan fingerprint density at radius 1 is 0.750 bits per heavy atom. The quantitative estimate of drug-likeness (QED) is 0.282. The number of hydrogen-bond donors (Lipinski definition) is 0. The lowest BCUT2D eigenvalue weighted by atomic mass is 10.1.